The second-order valence-corrected chi connectivity index (χ2v) is 5.21. The van der Waals surface area contributed by atoms with Gasteiger partial charge >= 0.3 is 0 Å². The molecule has 0 heterocycles. The molecule has 2 aromatic carbocycles. The molecule has 0 aromatic heterocycles. The summed E-state index contributed by atoms with van der Waals surface area (Å²) < 4.78 is 28.5. The summed E-state index contributed by atoms with van der Waals surface area (Å²) >= 11 is 3.18. The normalized spacial score (nSPS) is 12.5. The maximum Gasteiger partial charge on any atom is 0.129 e. The van der Waals surface area contributed by atoms with Crippen molar-refractivity contribution in [2.75, 3.05) is 0 Å². The summed E-state index contributed by atoms with van der Waals surface area (Å²) in [5.41, 5.74) is 3.98. The van der Waals surface area contributed by atoms with Gasteiger partial charge in [-0.25, -0.2) is 14.2 Å². The molecule has 0 aliphatic carbocycles. The molecule has 0 amide bonds. The van der Waals surface area contributed by atoms with Crippen molar-refractivity contribution in [3.63, 3.8) is 0 Å². The molecule has 2 aromatic rings. The number of nitrogens with two attached hydrogens (primary N) is 1. The highest BCUT2D eigenvalue weighted by molar-refractivity contribution is 9.10. The minimum absolute atomic E-state index is 0.301. The second-order valence-electron chi connectivity index (χ2n) is 4.29. The highest BCUT2D eigenvalue weighted by Gasteiger charge is 2.20. The van der Waals surface area contributed by atoms with Crippen LogP contribution >= 0.6 is 15.9 Å². The molecule has 1 unspecified atom stereocenters. The van der Waals surface area contributed by atoms with Crippen molar-refractivity contribution in [1.82, 2.24) is 5.43 Å². The van der Waals surface area contributed by atoms with Crippen LogP contribution < -0.4 is 11.3 Å². The van der Waals surface area contributed by atoms with Gasteiger partial charge in [0.2, 0.25) is 0 Å². The molecule has 100 valence electrons. The molecule has 3 N–H and O–H groups in total. The van der Waals surface area contributed by atoms with E-state index < -0.39 is 17.7 Å². The zero-order chi connectivity index (χ0) is 14.0. The molecule has 0 bridgehead atoms. The predicted molar refractivity (Wildman–Crippen MR) is 74.4 cm³/mol. The molecule has 0 aliphatic rings. The summed E-state index contributed by atoms with van der Waals surface area (Å²) in [6.07, 6.45) is 0. The van der Waals surface area contributed by atoms with Crippen LogP contribution in [0.15, 0.2) is 40.9 Å². The molecule has 0 aliphatic heterocycles. The SMILES string of the molecule is Cc1ccc(F)c(C(NN)c2ccc(Br)cc2F)c1. The topological polar surface area (TPSA) is 38.0 Å². The lowest BCUT2D eigenvalue weighted by Gasteiger charge is -2.19. The summed E-state index contributed by atoms with van der Waals surface area (Å²) in [7, 11) is 0. The van der Waals surface area contributed by atoms with Gasteiger partial charge in [0.25, 0.3) is 0 Å². The van der Waals surface area contributed by atoms with Crippen LogP contribution in [-0.2, 0) is 0 Å². The molecule has 2 nitrogen and oxygen atoms in total. The highest BCUT2D eigenvalue weighted by atomic mass is 79.9. The fourth-order valence-corrected chi connectivity index (χ4v) is 2.30. The minimum Gasteiger partial charge on any atom is -0.271 e. The first-order chi connectivity index (χ1) is 9.02. The van der Waals surface area contributed by atoms with E-state index in [0.717, 1.165) is 5.56 Å². The van der Waals surface area contributed by atoms with Gasteiger partial charge in [-0.3, -0.25) is 5.84 Å². The molecular weight excluding hydrogens is 314 g/mol. The van der Waals surface area contributed by atoms with E-state index >= 15 is 0 Å². The Morgan fingerprint density at radius 3 is 2.42 bits per heavy atom. The Morgan fingerprint density at radius 2 is 1.79 bits per heavy atom. The van der Waals surface area contributed by atoms with Crippen molar-refractivity contribution in [2.45, 2.75) is 13.0 Å². The molecule has 0 radical (unpaired) electrons. The van der Waals surface area contributed by atoms with Crippen molar-refractivity contribution in [1.29, 1.82) is 0 Å². The standard InChI is InChI=1S/C14H13BrF2N2/c1-8-2-5-12(16)11(6-8)14(19-18)10-4-3-9(15)7-13(10)17/h2-7,14,19H,18H2,1H3. The van der Waals surface area contributed by atoms with E-state index in [-0.39, 0.29) is 0 Å². The zero-order valence-corrected chi connectivity index (χ0v) is 11.8. The van der Waals surface area contributed by atoms with Gasteiger partial charge in [-0.05, 0) is 25.1 Å². The van der Waals surface area contributed by atoms with Crippen LogP contribution in [0.4, 0.5) is 8.78 Å². The Kier molecular flexibility index (Phi) is 4.29. The zero-order valence-electron chi connectivity index (χ0n) is 10.3. The number of benzene rings is 2. The summed E-state index contributed by atoms with van der Waals surface area (Å²) in [6, 6.07) is 8.53. The van der Waals surface area contributed by atoms with E-state index in [4.69, 9.17) is 5.84 Å². The number of halogens is 3. The van der Waals surface area contributed by atoms with Crippen LogP contribution in [0.25, 0.3) is 0 Å². The van der Waals surface area contributed by atoms with E-state index in [9.17, 15) is 8.78 Å². The average molecular weight is 327 g/mol. The quantitative estimate of drug-likeness (QED) is 0.668. The fraction of sp³-hybridized carbons (Fsp3) is 0.143. The van der Waals surface area contributed by atoms with E-state index in [0.29, 0.717) is 15.6 Å². The maximum atomic E-state index is 14.0. The lowest BCUT2D eigenvalue weighted by atomic mass is 9.97. The van der Waals surface area contributed by atoms with Crippen LogP contribution in [0.1, 0.15) is 22.7 Å². The molecule has 19 heavy (non-hydrogen) atoms. The lowest BCUT2D eigenvalue weighted by molar-refractivity contribution is 0.530. The van der Waals surface area contributed by atoms with Crippen molar-refractivity contribution >= 4 is 15.9 Å². The van der Waals surface area contributed by atoms with Gasteiger partial charge in [0.05, 0.1) is 6.04 Å². The maximum absolute atomic E-state index is 14.0. The number of hydrogen-bond donors (Lipinski definition) is 2. The largest absolute Gasteiger partial charge is 0.271 e. The molecule has 1 atom stereocenters. The first kappa shape index (κ1) is 14.1. The third kappa shape index (κ3) is 3.00. The van der Waals surface area contributed by atoms with Crippen molar-refractivity contribution < 1.29 is 8.78 Å². The van der Waals surface area contributed by atoms with Gasteiger partial charge in [0, 0.05) is 15.6 Å². The van der Waals surface area contributed by atoms with Crippen LogP contribution in [0, 0.1) is 18.6 Å². The van der Waals surface area contributed by atoms with Gasteiger partial charge in [0.15, 0.2) is 0 Å². The Balaban J connectivity index is 2.52. The minimum atomic E-state index is -0.729. The van der Waals surface area contributed by atoms with Crippen LogP contribution in [-0.4, -0.2) is 0 Å². The summed E-state index contributed by atoms with van der Waals surface area (Å²) in [5.74, 6) is 4.60. The molecule has 5 heteroatoms. The molecule has 0 saturated heterocycles. The van der Waals surface area contributed by atoms with E-state index in [2.05, 4.69) is 21.4 Å². The third-order valence-electron chi connectivity index (χ3n) is 2.90. The lowest BCUT2D eigenvalue weighted by Crippen LogP contribution is -2.30. The van der Waals surface area contributed by atoms with Crippen LogP contribution in [0.2, 0.25) is 0 Å². The number of hydrazine groups is 1. The number of aryl methyl sites for hydroxylation is 1. The molecule has 0 spiro atoms. The summed E-state index contributed by atoms with van der Waals surface area (Å²) in [4.78, 5) is 0. The predicted octanol–water partition coefficient (Wildman–Crippen LogP) is 3.59. The van der Waals surface area contributed by atoms with E-state index in [1.165, 1.54) is 12.1 Å². The first-order valence-corrected chi connectivity index (χ1v) is 6.49. The fourth-order valence-electron chi connectivity index (χ4n) is 1.97. The second kappa shape index (κ2) is 5.77. The first-order valence-electron chi connectivity index (χ1n) is 5.70. The monoisotopic (exact) mass is 326 g/mol. The average Bonchev–Trinajstić information content (AvgIpc) is 2.36. The van der Waals surface area contributed by atoms with Gasteiger partial charge < -0.3 is 0 Å². The summed E-state index contributed by atoms with van der Waals surface area (Å²) in [5, 5.41) is 0. The van der Waals surface area contributed by atoms with Gasteiger partial charge in [-0.1, -0.05) is 39.7 Å². The van der Waals surface area contributed by atoms with Crippen molar-refractivity contribution in [2.24, 2.45) is 5.84 Å². The van der Waals surface area contributed by atoms with E-state index in [1.807, 2.05) is 6.92 Å². The van der Waals surface area contributed by atoms with Crippen LogP contribution in [0.3, 0.4) is 0 Å². The van der Waals surface area contributed by atoms with Crippen LogP contribution in [0.5, 0.6) is 0 Å². The van der Waals surface area contributed by atoms with E-state index in [1.54, 1.807) is 24.3 Å². The Hall–Kier alpha value is -1.30. The Bertz CT molecular complexity index is 602. The number of hydrogen-bond acceptors (Lipinski definition) is 2. The molecular formula is C14H13BrF2N2. The van der Waals surface area contributed by atoms with Gasteiger partial charge in [-0.15, -0.1) is 0 Å². The highest BCUT2D eigenvalue weighted by Crippen LogP contribution is 2.28. The van der Waals surface area contributed by atoms with Crippen molar-refractivity contribution in [3.8, 4) is 0 Å². The smallest absolute Gasteiger partial charge is 0.129 e. The Morgan fingerprint density at radius 1 is 1.05 bits per heavy atom. The molecule has 0 saturated carbocycles. The molecule has 0 fully saturated rings. The molecule has 2 rings (SSSR count). The van der Waals surface area contributed by atoms with Gasteiger partial charge in [-0.2, -0.15) is 0 Å². The number of rotatable bonds is 3. The third-order valence-corrected chi connectivity index (χ3v) is 3.40. The van der Waals surface area contributed by atoms with Crippen molar-refractivity contribution in [3.05, 3.63) is 69.2 Å². The van der Waals surface area contributed by atoms with Gasteiger partial charge in [0.1, 0.15) is 11.6 Å². The summed E-state index contributed by atoms with van der Waals surface area (Å²) in [6.45, 7) is 1.84. The Labute approximate surface area is 118 Å². The number of nitrogens with one attached hydrogen (secondary N) is 1.